The highest BCUT2D eigenvalue weighted by Gasteiger charge is 2.41. The fourth-order valence-corrected chi connectivity index (χ4v) is 2.54. The average molecular weight is 365 g/mol. The highest BCUT2D eigenvalue weighted by atomic mass is 16.5. The molecular weight excluding hydrogens is 342 g/mol. The molecule has 0 aliphatic rings. The van der Waals surface area contributed by atoms with Crippen LogP contribution in [-0.4, -0.2) is 49.2 Å². The molecule has 0 fully saturated rings. The Hall–Kier alpha value is -2.90. The van der Waals surface area contributed by atoms with E-state index < -0.39 is 41.7 Å². The molecule has 0 saturated carbocycles. The van der Waals surface area contributed by atoms with Gasteiger partial charge in [0.2, 0.25) is 5.91 Å². The predicted molar refractivity (Wildman–Crippen MR) is 91.0 cm³/mol. The number of hydrogen-bond donors (Lipinski definition) is 2. The maximum Gasteiger partial charge on any atom is 0.326 e. The van der Waals surface area contributed by atoms with E-state index >= 15 is 0 Å². The van der Waals surface area contributed by atoms with Crippen molar-refractivity contribution in [3.05, 3.63) is 35.9 Å². The number of aliphatic carboxylic acids is 1. The van der Waals surface area contributed by atoms with Crippen LogP contribution in [0.2, 0.25) is 0 Å². The summed E-state index contributed by atoms with van der Waals surface area (Å²) >= 11 is 0. The van der Waals surface area contributed by atoms with Gasteiger partial charge in [-0.3, -0.25) is 14.4 Å². The Bertz CT molecular complexity index is 628. The normalized spacial score (nSPS) is 12.8. The van der Waals surface area contributed by atoms with E-state index in [-0.39, 0.29) is 6.42 Å². The van der Waals surface area contributed by atoms with Crippen molar-refractivity contribution in [2.24, 2.45) is 11.8 Å². The molecule has 1 aromatic rings. The van der Waals surface area contributed by atoms with E-state index in [2.05, 4.69) is 14.8 Å². The molecule has 0 aliphatic carbocycles. The van der Waals surface area contributed by atoms with Crippen molar-refractivity contribution in [3.8, 4) is 0 Å². The van der Waals surface area contributed by atoms with Crippen LogP contribution in [0.15, 0.2) is 30.3 Å². The van der Waals surface area contributed by atoms with Crippen LogP contribution < -0.4 is 5.32 Å². The number of hydrogen-bond acceptors (Lipinski definition) is 6. The van der Waals surface area contributed by atoms with E-state index in [9.17, 15) is 24.3 Å². The summed E-state index contributed by atoms with van der Waals surface area (Å²) in [6.45, 7) is 1.37. The first-order valence-corrected chi connectivity index (χ1v) is 8.03. The summed E-state index contributed by atoms with van der Waals surface area (Å²) in [6.07, 6.45) is 0.506. The maximum absolute atomic E-state index is 12.1. The van der Waals surface area contributed by atoms with Gasteiger partial charge in [-0.25, -0.2) is 4.79 Å². The van der Waals surface area contributed by atoms with E-state index in [4.69, 9.17) is 0 Å². The van der Waals surface area contributed by atoms with Crippen LogP contribution in [0.25, 0.3) is 0 Å². The lowest BCUT2D eigenvalue weighted by molar-refractivity contribution is -0.163. The van der Waals surface area contributed by atoms with Crippen molar-refractivity contribution >= 4 is 23.8 Å². The molecule has 0 aliphatic heterocycles. The fraction of sp³-hybridized carbons (Fsp3) is 0.444. The summed E-state index contributed by atoms with van der Waals surface area (Å²) in [7, 11) is 2.17. The summed E-state index contributed by atoms with van der Waals surface area (Å²) in [5, 5.41) is 11.8. The van der Waals surface area contributed by atoms with Crippen LogP contribution in [-0.2, 0) is 35.1 Å². The highest BCUT2D eigenvalue weighted by molar-refractivity contribution is 5.96. The number of amides is 1. The quantitative estimate of drug-likeness (QED) is 0.490. The smallest absolute Gasteiger partial charge is 0.326 e. The Morgan fingerprint density at radius 2 is 1.58 bits per heavy atom. The number of carbonyl (C=O) groups is 4. The minimum atomic E-state index is -1.46. The predicted octanol–water partition coefficient (Wildman–Crippen LogP) is 0.787. The third-order valence-corrected chi connectivity index (χ3v) is 4.03. The van der Waals surface area contributed by atoms with Crippen molar-refractivity contribution < 1.29 is 33.8 Å². The largest absolute Gasteiger partial charge is 0.480 e. The Morgan fingerprint density at radius 3 is 2.04 bits per heavy atom. The molecule has 0 aromatic heterocycles. The lowest BCUT2D eigenvalue weighted by atomic mass is 9.87. The van der Waals surface area contributed by atoms with Crippen molar-refractivity contribution in [1.82, 2.24) is 5.32 Å². The first-order valence-electron chi connectivity index (χ1n) is 8.03. The van der Waals surface area contributed by atoms with Crippen LogP contribution in [0.5, 0.6) is 0 Å². The minimum Gasteiger partial charge on any atom is -0.480 e. The van der Waals surface area contributed by atoms with Gasteiger partial charge in [0.05, 0.1) is 14.2 Å². The number of methoxy groups -OCH3 is 2. The topological polar surface area (TPSA) is 119 Å². The minimum absolute atomic E-state index is 0.0711. The number of rotatable bonds is 9. The van der Waals surface area contributed by atoms with E-state index in [1.807, 2.05) is 30.3 Å². The van der Waals surface area contributed by atoms with E-state index in [0.29, 0.717) is 6.42 Å². The zero-order chi connectivity index (χ0) is 19.7. The molecule has 0 radical (unpaired) electrons. The van der Waals surface area contributed by atoms with Gasteiger partial charge in [-0.2, -0.15) is 0 Å². The first-order chi connectivity index (χ1) is 12.3. The Morgan fingerprint density at radius 1 is 1.04 bits per heavy atom. The van der Waals surface area contributed by atoms with Gasteiger partial charge < -0.3 is 19.9 Å². The van der Waals surface area contributed by atoms with E-state index in [1.54, 1.807) is 0 Å². The van der Waals surface area contributed by atoms with Gasteiger partial charge >= 0.3 is 17.9 Å². The SMILES string of the molecule is COC(=O)C(C(=O)OC)[C@@H](C)[C@@H](NC(=O)CCc1ccccc1)C(=O)O. The van der Waals surface area contributed by atoms with Crippen LogP contribution >= 0.6 is 0 Å². The Kier molecular flexibility index (Phi) is 8.27. The molecular formula is C18H23NO7. The molecule has 1 rings (SSSR count). The fourth-order valence-electron chi connectivity index (χ4n) is 2.54. The third kappa shape index (κ3) is 5.87. The summed E-state index contributed by atoms with van der Waals surface area (Å²) in [4.78, 5) is 47.4. The first kappa shape index (κ1) is 21.1. The molecule has 0 saturated heterocycles. The number of carboxylic acid groups (broad SMARTS) is 1. The maximum atomic E-state index is 12.1. The summed E-state index contributed by atoms with van der Waals surface area (Å²) < 4.78 is 9.10. The van der Waals surface area contributed by atoms with Crippen molar-refractivity contribution in [2.45, 2.75) is 25.8 Å². The molecule has 2 N–H and O–H groups in total. The second kappa shape index (κ2) is 10.2. The molecule has 0 bridgehead atoms. The van der Waals surface area contributed by atoms with E-state index in [1.165, 1.54) is 6.92 Å². The number of nitrogens with one attached hydrogen (secondary N) is 1. The molecule has 142 valence electrons. The van der Waals surface area contributed by atoms with Crippen molar-refractivity contribution in [1.29, 1.82) is 0 Å². The molecule has 26 heavy (non-hydrogen) atoms. The molecule has 2 atom stereocenters. The van der Waals surface area contributed by atoms with Crippen molar-refractivity contribution in [2.75, 3.05) is 14.2 Å². The molecule has 0 unspecified atom stereocenters. The number of carbonyl (C=O) groups excluding carboxylic acids is 3. The van der Waals surface area contributed by atoms with Gasteiger partial charge in [-0.15, -0.1) is 0 Å². The molecule has 0 spiro atoms. The molecule has 1 aromatic carbocycles. The van der Waals surface area contributed by atoms with Gasteiger partial charge in [0.25, 0.3) is 0 Å². The molecule has 8 heteroatoms. The van der Waals surface area contributed by atoms with Crippen molar-refractivity contribution in [3.63, 3.8) is 0 Å². The van der Waals surface area contributed by atoms with Gasteiger partial charge in [0.1, 0.15) is 6.04 Å². The number of ether oxygens (including phenoxy) is 2. The van der Waals surface area contributed by atoms with Crippen LogP contribution in [0.4, 0.5) is 0 Å². The lowest BCUT2D eigenvalue weighted by Gasteiger charge is -2.26. The molecule has 8 nitrogen and oxygen atoms in total. The highest BCUT2D eigenvalue weighted by Crippen LogP contribution is 2.20. The molecule has 1 amide bonds. The van der Waals surface area contributed by atoms with E-state index in [0.717, 1.165) is 19.8 Å². The van der Waals surface area contributed by atoms with Crippen LogP contribution in [0.3, 0.4) is 0 Å². The number of aryl methyl sites for hydroxylation is 1. The van der Waals surface area contributed by atoms with Gasteiger partial charge in [0.15, 0.2) is 5.92 Å². The zero-order valence-electron chi connectivity index (χ0n) is 14.9. The van der Waals surface area contributed by atoms with Gasteiger partial charge in [-0.05, 0) is 12.0 Å². The van der Waals surface area contributed by atoms with Crippen LogP contribution in [0.1, 0.15) is 18.9 Å². The van der Waals surface area contributed by atoms with Gasteiger partial charge in [0, 0.05) is 12.3 Å². The summed E-state index contributed by atoms with van der Waals surface area (Å²) in [5.74, 6) is -6.22. The summed E-state index contributed by atoms with van der Waals surface area (Å²) in [6, 6.07) is 7.80. The third-order valence-electron chi connectivity index (χ3n) is 4.03. The average Bonchev–Trinajstić information content (AvgIpc) is 2.64. The standard InChI is InChI=1S/C18H23NO7/c1-11(14(17(23)25-2)18(24)26-3)15(16(21)22)19-13(20)10-9-12-7-5-4-6-8-12/h4-8,11,14-15H,9-10H2,1-3H3,(H,19,20)(H,21,22)/t11-,15-/m1/s1. The number of benzene rings is 1. The second-order valence-electron chi connectivity index (χ2n) is 5.75. The number of carboxylic acids is 1. The molecule has 0 heterocycles. The second-order valence-corrected chi connectivity index (χ2v) is 5.75. The summed E-state index contributed by atoms with van der Waals surface area (Å²) in [5.41, 5.74) is 0.935. The monoisotopic (exact) mass is 365 g/mol. The Balaban J connectivity index is 2.82. The Labute approximate surface area is 151 Å². The zero-order valence-corrected chi connectivity index (χ0v) is 14.9. The van der Waals surface area contributed by atoms with Gasteiger partial charge in [-0.1, -0.05) is 37.3 Å². The lowest BCUT2D eigenvalue weighted by Crippen LogP contribution is -2.50. The van der Waals surface area contributed by atoms with Crippen LogP contribution in [0, 0.1) is 11.8 Å². The number of esters is 2.